The number of fused-ring (bicyclic) bond motifs is 1. The lowest BCUT2D eigenvalue weighted by Crippen LogP contribution is -2.34. The zero-order chi connectivity index (χ0) is 15.0. The predicted molar refractivity (Wildman–Crippen MR) is 92.4 cm³/mol. The van der Waals surface area contributed by atoms with Gasteiger partial charge >= 0.3 is 0 Å². The molecule has 9 heteroatoms. The Morgan fingerprint density at radius 3 is 2.87 bits per heavy atom. The number of aromatic nitrogens is 3. The summed E-state index contributed by atoms with van der Waals surface area (Å²) in [7, 11) is 1.83. The van der Waals surface area contributed by atoms with Crippen LogP contribution >= 0.6 is 24.8 Å². The molecule has 3 heterocycles. The van der Waals surface area contributed by atoms with E-state index in [2.05, 4.69) is 20.7 Å². The van der Waals surface area contributed by atoms with Crippen molar-refractivity contribution in [1.29, 1.82) is 0 Å². The molecule has 128 valence electrons. The minimum absolute atomic E-state index is 0. The standard InChI is InChI=1S/C14H19N5O2.2ClH/c1-8-11-3-9(5-16-13(11)19(2)18-8)14(21)17-6-10-4-15-7-12(10)20;;/h3,5,10,12,15,20H,4,6-7H2,1-2H3,(H,17,21);2*1H. The van der Waals surface area contributed by atoms with Gasteiger partial charge in [0.25, 0.3) is 5.91 Å². The van der Waals surface area contributed by atoms with E-state index in [0.717, 1.165) is 23.3 Å². The minimum atomic E-state index is -0.397. The predicted octanol–water partition coefficient (Wildman–Crippen LogP) is 0.430. The molecule has 7 nitrogen and oxygen atoms in total. The van der Waals surface area contributed by atoms with Crippen LogP contribution in [0, 0.1) is 12.8 Å². The number of β-amino-alcohol motifs (C(OH)–C–C–N with tert-alkyl or cyclic N) is 1. The normalized spacial score (nSPS) is 20.0. The Hall–Kier alpha value is -1.41. The quantitative estimate of drug-likeness (QED) is 0.737. The molecule has 2 atom stereocenters. The third-order valence-electron chi connectivity index (χ3n) is 3.95. The van der Waals surface area contributed by atoms with Gasteiger partial charge in [-0.05, 0) is 13.0 Å². The number of amides is 1. The first-order valence-electron chi connectivity index (χ1n) is 7.02. The van der Waals surface area contributed by atoms with Gasteiger partial charge in [-0.15, -0.1) is 24.8 Å². The maximum absolute atomic E-state index is 12.2. The fourth-order valence-corrected chi connectivity index (χ4v) is 2.69. The topological polar surface area (TPSA) is 92.1 Å². The number of aliphatic hydroxyl groups excluding tert-OH is 1. The van der Waals surface area contributed by atoms with Crippen molar-refractivity contribution in [3.8, 4) is 0 Å². The molecule has 1 saturated heterocycles. The second-order valence-electron chi connectivity index (χ2n) is 5.50. The summed E-state index contributed by atoms with van der Waals surface area (Å²) in [5, 5.41) is 20.8. The average Bonchev–Trinajstić information content (AvgIpc) is 3.00. The number of rotatable bonds is 3. The number of aryl methyl sites for hydroxylation is 2. The van der Waals surface area contributed by atoms with Gasteiger partial charge in [-0.1, -0.05) is 0 Å². The monoisotopic (exact) mass is 361 g/mol. The van der Waals surface area contributed by atoms with Crippen molar-refractivity contribution in [3.05, 3.63) is 23.5 Å². The highest BCUT2D eigenvalue weighted by Crippen LogP contribution is 2.16. The van der Waals surface area contributed by atoms with E-state index in [0.29, 0.717) is 18.7 Å². The number of carbonyl (C=O) groups is 1. The number of nitrogens with zero attached hydrogens (tertiary/aromatic N) is 3. The van der Waals surface area contributed by atoms with Crippen molar-refractivity contribution in [2.45, 2.75) is 13.0 Å². The van der Waals surface area contributed by atoms with Crippen LogP contribution in [0.2, 0.25) is 0 Å². The highest BCUT2D eigenvalue weighted by atomic mass is 35.5. The van der Waals surface area contributed by atoms with Crippen LogP contribution in [0.1, 0.15) is 16.1 Å². The van der Waals surface area contributed by atoms with Crippen molar-refractivity contribution in [2.75, 3.05) is 19.6 Å². The van der Waals surface area contributed by atoms with E-state index in [4.69, 9.17) is 0 Å². The highest BCUT2D eigenvalue weighted by molar-refractivity contribution is 5.97. The van der Waals surface area contributed by atoms with Crippen LogP contribution < -0.4 is 10.6 Å². The molecule has 2 aromatic heterocycles. The Bertz CT molecular complexity index is 691. The fourth-order valence-electron chi connectivity index (χ4n) is 2.69. The van der Waals surface area contributed by atoms with Crippen LogP contribution in [0.3, 0.4) is 0 Å². The van der Waals surface area contributed by atoms with Crippen molar-refractivity contribution in [1.82, 2.24) is 25.4 Å². The molecule has 3 rings (SSSR count). The molecule has 23 heavy (non-hydrogen) atoms. The van der Waals surface area contributed by atoms with Gasteiger partial charge in [0.05, 0.1) is 17.4 Å². The van der Waals surface area contributed by atoms with Crippen LogP contribution in [-0.4, -0.2) is 51.5 Å². The van der Waals surface area contributed by atoms with E-state index < -0.39 is 6.10 Å². The summed E-state index contributed by atoms with van der Waals surface area (Å²) in [5.74, 6) is -0.113. The summed E-state index contributed by atoms with van der Waals surface area (Å²) >= 11 is 0. The number of hydrogen-bond donors (Lipinski definition) is 3. The lowest BCUT2D eigenvalue weighted by molar-refractivity contribution is 0.0927. The first-order valence-corrected chi connectivity index (χ1v) is 7.02. The zero-order valence-corrected chi connectivity index (χ0v) is 14.6. The number of pyridine rings is 1. The number of hydrogen-bond acceptors (Lipinski definition) is 5. The van der Waals surface area contributed by atoms with Gasteiger partial charge in [0.1, 0.15) is 0 Å². The van der Waals surface area contributed by atoms with Crippen molar-refractivity contribution >= 4 is 41.8 Å². The maximum atomic E-state index is 12.2. The van der Waals surface area contributed by atoms with Crippen LogP contribution in [-0.2, 0) is 7.05 Å². The number of carbonyl (C=O) groups excluding carboxylic acids is 1. The Morgan fingerprint density at radius 1 is 1.48 bits per heavy atom. The second kappa shape index (κ2) is 7.92. The molecule has 0 bridgehead atoms. The molecule has 2 aromatic rings. The van der Waals surface area contributed by atoms with Gasteiger partial charge in [0.15, 0.2) is 5.65 Å². The molecule has 0 saturated carbocycles. The van der Waals surface area contributed by atoms with Crippen molar-refractivity contribution in [3.63, 3.8) is 0 Å². The minimum Gasteiger partial charge on any atom is -0.391 e. The van der Waals surface area contributed by atoms with Crippen LogP contribution in [0.4, 0.5) is 0 Å². The van der Waals surface area contributed by atoms with Gasteiger partial charge in [0.2, 0.25) is 0 Å². The molecule has 0 radical (unpaired) electrons. The number of aliphatic hydroxyl groups is 1. The molecule has 1 amide bonds. The lowest BCUT2D eigenvalue weighted by atomic mass is 10.1. The number of nitrogens with one attached hydrogen (secondary N) is 2. The van der Waals surface area contributed by atoms with Gasteiger partial charge < -0.3 is 15.7 Å². The van der Waals surface area contributed by atoms with E-state index in [9.17, 15) is 9.90 Å². The Labute approximate surface area is 146 Å². The summed E-state index contributed by atoms with van der Waals surface area (Å²) in [6.45, 7) is 3.66. The maximum Gasteiger partial charge on any atom is 0.252 e. The summed E-state index contributed by atoms with van der Waals surface area (Å²) in [6, 6.07) is 1.81. The third-order valence-corrected chi connectivity index (χ3v) is 3.95. The Balaban J connectivity index is 0.00000132. The summed E-state index contributed by atoms with van der Waals surface area (Å²) in [4.78, 5) is 16.5. The van der Waals surface area contributed by atoms with Crippen LogP contribution in [0.15, 0.2) is 12.3 Å². The van der Waals surface area contributed by atoms with Gasteiger partial charge in [-0.3, -0.25) is 9.48 Å². The zero-order valence-electron chi connectivity index (χ0n) is 12.9. The average molecular weight is 362 g/mol. The smallest absolute Gasteiger partial charge is 0.252 e. The van der Waals surface area contributed by atoms with Crippen LogP contribution in [0.5, 0.6) is 0 Å². The highest BCUT2D eigenvalue weighted by Gasteiger charge is 2.25. The SMILES string of the molecule is Cc1nn(C)c2ncc(C(=O)NCC3CNCC3O)cc12.Cl.Cl. The molecular formula is C14H21Cl2N5O2. The van der Waals surface area contributed by atoms with E-state index >= 15 is 0 Å². The molecule has 3 N–H and O–H groups in total. The molecule has 0 aliphatic carbocycles. The first-order chi connectivity index (χ1) is 10.1. The fraction of sp³-hybridized carbons (Fsp3) is 0.500. The number of halogens is 2. The van der Waals surface area contributed by atoms with Gasteiger partial charge in [-0.2, -0.15) is 5.10 Å². The summed E-state index contributed by atoms with van der Waals surface area (Å²) < 4.78 is 1.70. The first kappa shape index (κ1) is 19.6. The largest absolute Gasteiger partial charge is 0.391 e. The second-order valence-corrected chi connectivity index (χ2v) is 5.50. The third kappa shape index (κ3) is 3.92. The van der Waals surface area contributed by atoms with E-state index in [1.807, 2.05) is 20.0 Å². The molecule has 0 aromatic carbocycles. The van der Waals surface area contributed by atoms with Gasteiger partial charge in [-0.25, -0.2) is 4.98 Å². The Morgan fingerprint density at radius 2 is 2.22 bits per heavy atom. The van der Waals surface area contributed by atoms with E-state index in [1.54, 1.807) is 10.9 Å². The Kier molecular flexibility index (Phi) is 6.76. The van der Waals surface area contributed by atoms with E-state index in [-0.39, 0.29) is 36.6 Å². The molecule has 1 fully saturated rings. The molecular weight excluding hydrogens is 341 g/mol. The summed E-state index contributed by atoms with van der Waals surface area (Å²) in [5.41, 5.74) is 2.13. The molecule has 0 spiro atoms. The van der Waals surface area contributed by atoms with Crippen molar-refractivity contribution < 1.29 is 9.90 Å². The lowest BCUT2D eigenvalue weighted by Gasteiger charge is -2.14. The molecule has 1 aliphatic rings. The van der Waals surface area contributed by atoms with E-state index in [1.165, 1.54) is 0 Å². The van der Waals surface area contributed by atoms with Crippen LogP contribution in [0.25, 0.3) is 11.0 Å². The molecule has 2 unspecified atom stereocenters. The summed E-state index contributed by atoms with van der Waals surface area (Å²) in [6.07, 6.45) is 1.16. The van der Waals surface area contributed by atoms with Gasteiger partial charge in [0, 0.05) is 44.2 Å². The van der Waals surface area contributed by atoms with Crippen molar-refractivity contribution in [2.24, 2.45) is 13.0 Å². The molecule has 1 aliphatic heterocycles.